The normalized spacial score (nSPS) is 48.8. The third-order valence-electron chi connectivity index (χ3n) is 2.53. The van der Waals surface area contributed by atoms with E-state index in [1.54, 1.807) is 0 Å². The van der Waals surface area contributed by atoms with Crippen LogP contribution in [0.25, 0.3) is 0 Å². The van der Waals surface area contributed by atoms with Crippen LogP contribution in [0.5, 0.6) is 0 Å². The lowest BCUT2D eigenvalue weighted by Crippen LogP contribution is -2.61. The van der Waals surface area contributed by atoms with E-state index in [-0.39, 0.29) is 6.54 Å². The van der Waals surface area contributed by atoms with Crippen molar-refractivity contribution >= 4 is 11.8 Å². The van der Waals surface area contributed by atoms with E-state index in [1.807, 2.05) is 5.32 Å². The summed E-state index contributed by atoms with van der Waals surface area (Å²) in [6, 6.07) is -4.14. The summed E-state index contributed by atoms with van der Waals surface area (Å²) < 4.78 is 76.7. The Morgan fingerprint density at radius 1 is 1.80 bits per heavy atom. The van der Waals surface area contributed by atoms with Crippen molar-refractivity contribution in [2.24, 2.45) is 5.89 Å². The first-order valence-electron chi connectivity index (χ1n) is 9.65. The molecule has 2 aliphatic heterocycles. The first kappa shape index (κ1) is 3.75. The van der Waals surface area contributed by atoms with Gasteiger partial charge in [0.2, 0.25) is 11.8 Å². The molecule has 0 aromatic heterocycles. The number of rotatable bonds is 2. The Morgan fingerprint density at radius 3 is 3.33 bits per heavy atom. The minimum absolute atomic E-state index is 0.0696. The molecule has 2 amide bonds. The number of amides is 2. The third kappa shape index (κ3) is 1.85. The highest BCUT2D eigenvalue weighted by Crippen LogP contribution is 2.23. The van der Waals surface area contributed by atoms with Crippen LogP contribution in [-0.2, 0) is 9.59 Å². The summed E-state index contributed by atoms with van der Waals surface area (Å²) in [5.41, 5.74) is 0. The van der Waals surface area contributed by atoms with Crippen molar-refractivity contribution in [3.8, 4) is 0 Å². The second-order valence-electron chi connectivity index (χ2n) is 3.52. The van der Waals surface area contributed by atoms with Crippen LogP contribution in [0.3, 0.4) is 0 Å². The van der Waals surface area contributed by atoms with Crippen LogP contribution in [0.1, 0.15) is 46.6 Å². The fourth-order valence-electron chi connectivity index (χ4n) is 1.90. The summed E-state index contributed by atoms with van der Waals surface area (Å²) in [4.78, 5) is 25.8. The quantitative estimate of drug-likeness (QED) is 0.737. The second-order valence-corrected chi connectivity index (χ2v) is 3.52. The van der Waals surface area contributed by atoms with Crippen molar-refractivity contribution in [3.05, 3.63) is 0 Å². The van der Waals surface area contributed by atoms with Gasteiger partial charge in [0.25, 0.3) is 0 Å². The summed E-state index contributed by atoms with van der Waals surface area (Å²) in [6.07, 6.45) is -2.99. The van der Waals surface area contributed by atoms with Gasteiger partial charge in [0, 0.05) is 18.9 Å². The number of piperazine rings is 1. The van der Waals surface area contributed by atoms with Gasteiger partial charge in [-0.05, 0) is 25.1 Å². The highest BCUT2D eigenvalue weighted by molar-refractivity contribution is 5.97. The van der Waals surface area contributed by atoms with Gasteiger partial charge in [0.1, 0.15) is 12.1 Å². The number of carbonyl (C=O) groups excluding carboxylic acids is 2. The van der Waals surface area contributed by atoms with E-state index in [2.05, 4.69) is 0 Å². The Hall–Kier alpha value is -1.06. The molecule has 0 bridgehead atoms. The van der Waals surface area contributed by atoms with Gasteiger partial charge in [-0.2, -0.15) is 0 Å². The Labute approximate surface area is 104 Å². The number of nitrogens with zero attached hydrogens (tertiary/aromatic N) is 1. The molecule has 4 nitrogen and oxygen atoms in total. The van der Waals surface area contributed by atoms with Gasteiger partial charge in [-0.15, -0.1) is 0 Å². The predicted molar refractivity (Wildman–Crippen MR) is 56.1 cm³/mol. The summed E-state index contributed by atoms with van der Waals surface area (Å²) in [7, 11) is 0. The molecule has 2 rings (SSSR count). The highest BCUT2D eigenvalue weighted by atomic mass is 16.2. The molecule has 2 fully saturated rings. The lowest BCUT2D eigenvalue weighted by Gasteiger charge is -2.35. The SMILES string of the molecule is [2H]C([2H])([2H])C([2H])(C([2H])([2H])[2H])C([2H])([2H])[C@]1([2H])NC(=O)[C@@H]2CCCN2C1=O. The minimum Gasteiger partial charge on any atom is -0.342 e. The molecule has 0 radical (unpaired) electrons. The first-order chi connectivity index (χ1) is 11.0. The van der Waals surface area contributed by atoms with Gasteiger partial charge in [-0.3, -0.25) is 9.59 Å². The van der Waals surface area contributed by atoms with Gasteiger partial charge < -0.3 is 10.2 Å². The molecule has 15 heavy (non-hydrogen) atoms. The average Bonchev–Trinajstić information content (AvgIpc) is 2.91. The number of nitrogens with one attached hydrogen (secondary N) is 1. The fraction of sp³-hybridized carbons (Fsp3) is 0.818. The topological polar surface area (TPSA) is 49.4 Å². The van der Waals surface area contributed by atoms with E-state index >= 15 is 0 Å². The molecule has 0 spiro atoms. The number of fused-ring (bicyclic) bond motifs is 1. The molecule has 0 aliphatic carbocycles. The van der Waals surface area contributed by atoms with Gasteiger partial charge in [0.15, 0.2) is 0 Å². The van der Waals surface area contributed by atoms with Crippen LogP contribution >= 0.6 is 0 Å². The first-order valence-corrected chi connectivity index (χ1v) is 4.65. The van der Waals surface area contributed by atoms with E-state index < -0.39 is 49.8 Å². The Morgan fingerprint density at radius 2 is 2.60 bits per heavy atom. The third-order valence-corrected chi connectivity index (χ3v) is 2.53. The van der Waals surface area contributed by atoms with E-state index in [0.29, 0.717) is 12.8 Å². The van der Waals surface area contributed by atoms with Crippen molar-refractivity contribution in [1.29, 1.82) is 0 Å². The molecule has 4 heteroatoms. The van der Waals surface area contributed by atoms with Crippen LogP contribution in [0, 0.1) is 5.89 Å². The zero-order valence-electron chi connectivity index (χ0n) is 18.0. The van der Waals surface area contributed by atoms with Gasteiger partial charge >= 0.3 is 0 Å². The average molecular weight is 220 g/mol. The minimum atomic E-state index is -3.82. The summed E-state index contributed by atoms with van der Waals surface area (Å²) in [5, 5.41) is 1.85. The summed E-state index contributed by atoms with van der Waals surface area (Å²) in [5.74, 6) is -5.93. The van der Waals surface area contributed by atoms with Gasteiger partial charge in [-0.25, -0.2) is 0 Å². The molecule has 2 heterocycles. The summed E-state index contributed by atoms with van der Waals surface area (Å²) in [6.45, 7) is -7.31. The number of carbonyl (C=O) groups is 2. The number of hydrogen-bond acceptors (Lipinski definition) is 2. The second kappa shape index (κ2) is 3.83. The summed E-state index contributed by atoms with van der Waals surface area (Å²) >= 11 is 0. The maximum absolute atomic E-state index is 12.7. The molecule has 2 aliphatic rings. The van der Waals surface area contributed by atoms with Crippen LogP contribution in [0.15, 0.2) is 0 Å². The molecule has 0 unspecified atom stereocenters. The maximum atomic E-state index is 12.7. The zero-order valence-corrected chi connectivity index (χ0v) is 7.96. The monoisotopic (exact) mass is 220 g/mol. The Balaban J connectivity index is 2.63. The van der Waals surface area contributed by atoms with E-state index in [9.17, 15) is 9.59 Å². The standard InChI is InChI=1S/C11H18N2O2/c1-7(2)6-8-11(15)13-5-3-4-9(13)10(14)12-8/h7-9H,3-6H2,1-2H3,(H,12,14)/t8-,9-/m0/s1/i1D3,2D3,6D2,7D,8D. The lowest BCUT2D eigenvalue weighted by atomic mass is 9.99. The number of hydrogen-bond donors (Lipinski definition) is 1. The van der Waals surface area contributed by atoms with E-state index in [4.69, 9.17) is 13.7 Å². The van der Waals surface area contributed by atoms with Crippen molar-refractivity contribution in [2.45, 2.75) is 45.0 Å². The van der Waals surface area contributed by atoms with Crippen molar-refractivity contribution in [2.75, 3.05) is 6.54 Å². The Bertz CT molecular complexity index is 587. The maximum Gasteiger partial charge on any atom is 0.245 e. The fourth-order valence-corrected chi connectivity index (χ4v) is 1.90. The van der Waals surface area contributed by atoms with Crippen molar-refractivity contribution in [3.63, 3.8) is 0 Å². The molecule has 0 saturated carbocycles. The van der Waals surface area contributed by atoms with Crippen molar-refractivity contribution < 1.29 is 23.3 Å². The van der Waals surface area contributed by atoms with Crippen LogP contribution in [-0.4, -0.2) is 35.3 Å². The molecule has 84 valence electrons. The lowest BCUT2D eigenvalue weighted by molar-refractivity contribution is -0.147. The van der Waals surface area contributed by atoms with Crippen molar-refractivity contribution in [1.82, 2.24) is 10.2 Å². The molecule has 2 atom stereocenters. The predicted octanol–water partition coefficient (Wildman–Crippen LogP) is 0.522. The van der Waals surface area contributed by atoms with E-state index in [1.165, 1.54) is 0 Å². The molecule has 0 aromatic rings. The largest absolute Gasteiger partial charge is 0.342 e. The molecular formula is C11H18N2O2. The molecule has 1 N–H and O–H groups in total. The van der Waals surface area contributed by atoms with E-state index in [0.717, 1.165) is 4.90 Å². The smallest absolute Gasteiger partial charge is 0.245 e. The van der Waals surface area contributed by atoms with Gasteiger partial charge in [0.05, 0.1) is 1.37 Å². The van der Waals surface area contributed by atoms with Gasteiger partial charge in [-0.1, -0.05) is 13.7 Å². The highest BCUT2D eigenvalue weighted by Gasteiger charge is 2.42. The van der Waals surface area contributed by atoms with Crippen LogP contribution in [0.2, 0.25) is 0 Å². The Kier molecular flexibility index (Phi) is 0.959. The zero-order chi connectivity index (χ0) is 19.6. The molecular weight excluding hydrogens is 192 g/mol. The van der Waals surface area contributed by atoms with Crippen LogP contribution < -0.4 is 5.32 Å². The van der Waals surface area contributed by atoms with Crippen LogP contribution in [0.4, 0.5) is 0 Å². The molecule has 0 aromatic carbocycles. The molecule has 2 saturated heterocycles.